The van der Waals surface area contributed by atoms with Gasteiger partial charge in [-0.25, -0.2) is 9.97 Å². The maximum Gasteiger partial charge on any atom is 0.217 e. The zero-order valence-electron chi connectivity index (χ0n) is 11.9. The van der Waals surface area contributed by atoms with Gasteiger partial charge in [-0.2, -0.15) is 0 Å². The maximum atomic E-state index is 11.2. The fourth-order valence-corrected chi connectivity index (χ4v) is 3.75. The van der Waals surface area contributed by atoms with Crippen molar-refractivity contribution in [3.63, 3.8) is 0 Å². The highest BCUT2D eigenvalue weighted by molar-refractivity contribution is 7.18. The molecule has 0 radical (unpaired) electrons. The molecule has 1 aliphatic heterocycles. The Morgan fingerprint density at radius 1 is 1.45 bits per heavy atom. The van der Waals surface area contributed by atoms with E-state index in [0.29, 0.717) is 0 Å². The van der Waals surface area contributed by atoms with Crippen molar-refractivity contribution in [2.24, 2.45) is 0 Å². The summed E-state index contributed by atoms with van der Waals surface area (Å²) in [6.07, 6.45) is 2.60. The summed E-state index contributed by atoms with van der Waals surface area (Å²) in [7, 11) is 0. The maximum absolute atomic E-state index is 11.2. The number of nitrogens with one attached hydrogen (secondary N) is 1. The van der Waals surface area contributed by atoms with Crippen molar-refractivity contribution < 1.29 is 4.79 Å². The lowest BCUT2D eigenvalue weighted by molar-refractivity contribution is -0.119. The van der Waals surface area contributed by atoms with Crippen LogP contribution in [0.4, 0.5) is 5.82 Å². The number of thiophene rings is 1. The first-order valence-corrected chi connectivity index (χ1v) is 7.60. The molecule has 3 rings (SSSR count). The van der Waals surface area contributed by atoms with Gasteiger partial charge in [0.2, 0.25) is 5.91 Å². The highest BCUT2D eigenvalue weighted by atomic mass is 32.1. The van der Waals surface area contributed by atoms with E-state index >= 15 is 0 Å². The molecule has 1 unspecified atom stereocenters. The van der Waals surface area contributed by atoms with Crippen molar-refractivity contribution in [2.75, 3.05) is 18.0 Å². The van der Waals surface area contributed by atoms with Crippen LogP contribution >= 0.6 is 11.3 Å². The second-order valence-corrected chi connectivity index (χ2v) is 6.50. The van der Waals surface area contributed by atoms with E-state index in [-0.39, 0.29) is 11.9 Å². The molecule has 3 heterocycles. The molecule has 5 nitrogen and oxygen atoms in total. The predicted molar refractivity (Wildman–Crippen MR) is 81.3 cm³/mol. The summed E-state index contributed by atoms with van der Waals surface area (Å²) in [4.78, 5) is 24.6. The Morgan fingerprint density at radius 3 is 3.00 bits per heavy atom. The SMILES string of the molecule is CC(=O)NC1CCN(c2ncnc3sc(C)c(C)c23)C1. The van der Waals surface area contributed by atoms with Crippen molar-refractivity contribution in [3.8, 4) is 0 Å². The zero-order valence-corrected chi connectivity index (χ0v) is 12.8. The summed E-state index contributed by atoms with van der Waals surface area (Å²) in [5, 5.41) is 4.15. The van der Waals surface area contributed by atoms with E-state index in [1.807, 2.05) is 0 Å². The lowest BCUT2D eigenvalue weighted by atomic mass is 10.2. The standard InChI is InChI=1S/C14H18N4OS/c1-8-9(2)20-14-12(8)13(15-7-16-14)18-5-4-11(6-18)17-10(3)19/h7,11H,4-6H2,1-3H3,(H,17,19). The van der Waals surface area contributed by atoms with E-state index < -0.39 is 0 Å². The second-order valence-electron chi connectivity index (χ2n) is 5.29. The molecule has 1 atom stereocenters. The van der Waals surface area contributed by atoms with Gasteiger partial charge < -0.3 is 10.2 Å². The fourth-order valence-electron chi connectivity index (χ4n) is 2.76. The molecule has 0 saturated carbocycles. The number of rotatable bonds is 2. The third-order valence-corrected chi connectivity index (χ3v) is 4.96. The minimum Gasteiger partial charge on any atom is -0.354 e. The molecule has 0 aliphatic carbocycles. The predicted octanol–water partition coefficient (Wildman–Crippen LogP) is 2.02. The van der Waals surface area contributed by atoms with Gasteiger partial charge in [0.15, 0.2) is 0 Å². The van der Waals surface area contributed by atoms with Crippen molar-refractivity contribution in [3.05, 3.63) is 16.8 Å². The summed E-state index contributed by atoms with van der Waals surface area (Å²) >= 11 is 1.72. The number of anilines is 1. The Kier molecular flexibility index (Phi) is 3.33. The molecular formula is C14H18N4OS. The molecule has 2 aromatic rings. The minimum absolute atomic E-state index is 0.0345. The van der Waals surface area contributed by atoms with Crippen LogP contribution in [-0.4, -0.2) is 35.0 Å². The minimum atomic E-state index is 0.0345. The topological polar surface area (TPSA) is 58.1 Å². The third kappa shape index (κ3) is 2.24. The molecule has 1 fully saturated rings. The molecule has 0 bridgehead atoms. The van der Waals surface area contributed by atoms with E-state index in [1.165, 1.54) is 15.8 Å². The summed E-state index contributed by atoms with van der Waals surface area (Å²) < 4.78 is 0. The Bertz CT molecular complexity index is 666. The number of nitrogens with zero attached hydrogens (tertiary/aromatic N) is 3. The van der Waals surface area contributed by atoms with E-state index in [4.69, 9.17) is 0 Å². The monoisotopic (exact) mass is 290 g/mol. The molecular weight excluding hydrogens is 272 g/mol. The summed E-state index contributed by atoms with van der Waals surface area (Å²) in [5.74, 6) is 1.04. The van der Waals surface area contributed by atoms with Crippen LogP contribution in [0.2, 0.25) is 0 Å². The molecule has 0 spiro atoms. The van der Waals surface area contributed by atoms with Crippen LogP contribution in [0.5, 0.6) is 0 Å². The number of aromatic nitrogens is 2. The first kappa shape index (κ1) is 13.3. The Hall–Kier alpha value is -1.69. The highest BCUT2D eigenvalue weighted by Gasteiger charge is 2.26. The van der Waals surface area contributed by atoms with Gasteiger partial charge in [0.1, 0.15) is 17.0 Å². The van der Waals surface area contributed by atoms with Crippen LogP contribution < -0.4 is 10.2 Å². The number of fused-ring (bicyclic) bond motifs is 1. The Balaban J connectivity index is 1.93. The summed E-state index contributed by atoms with van der Waals surface area (Å²) in [6.45, 7) is 7.56. The molecule has 2 aromatic heterocycles. The van der Waals surface area contributed by atoms with Gasteiger partial charge >= 0.3 is 0 Å². The molecule has 20 heavy (non-hydrogen) atoms. The normalized spacial score (nSPS) is 18.8. The highest BCUT2D eigenvalue weighted by Crippen LogP contribution is 2.35. The molecule has 0 aromatic carbocycles. The Labute approximate surface area is 122 Å². The lowest BCUT2D eigenvalue weighted by Gasteiger charge is -2.18. The van der Waals surface area contributed by atoms with Crippen LogP contribution in [0.3, 0.4) is 0 Å². The van der Waals surface area contributed by atoms with Gasteiger partial charge in [0, 0.05) is 30.9 Å². The molecule has 1 aliphatic rings. The van der Waals surface area contributed by atoms with Crippen LogP contribution in [0.25, 0.3) is 10.2 Å². The number of carbonyl (C=O) groups is 1. The Morgan fingerprint density at radius 2 is 2.25 bits per heavy atom. The van der Waals surface area contributed by atoms with Crippen LogP contribution in [0, 0.1) is 13.8 Å². The summed E-state index contributed by atoms with van der Waals surface area (Å²) in [6, 6.07) is 0.220. The first-order valence-electron chi connectivity index (χ1n) is 6.79. The van der Waals surface area contributed by atoms with Crippen molar-refractivity contribution in [2.45, 2.75) is 33.2 Å². The van der Waals surface area contributed by atoms with Crippen molar-refractivity contribution in [1.29, 1.82) is 0 Å². The summed E-state index contributed by atoms with van der Waals surface area (Å²) in [5.41, 5.74) is 1.27. The molecule has 1 amide bonds. The van der Waals surface area contributed by atoms with Crippen LogP contribution in [0.1, 0.15) is 23.8 Å². The fraction of sp³-hybridized carbons (Fsp3) is 0.500. The molecule has 6 heteroatoms. The number of amides is 1. The average molecular weight is 290 g/mol. The number of hydrogen-bond donors (Lipinski definition) is 1. The van der Waals surface area contributed by atoms with Crippen LogP contribution in [-0.2, 0) is 4.79 Å². The van der Waals surface area contributed by atoms with Crippen molar-refractivity contribution in [1.82, 2.24) is 15.3 Å². The number of hydrogen-bond acceptors (Lipinski definition) is 5. The van der Waals surface area contributed by atoms with E-state index in [2.05, 4.69) is 34.0 Å². The molecule has 106 valence electrons. The zero-order chi connectivity index (χ0) is 14.3. The van der Waals surface area contributed by atoms with Gasteiger partial charge in [-0.1, -0.05) is 0 Å². The lowest BCUT2D eigenvalue weighted by Crippen LogP contribution is -2.35. The van der Waals surface area contributed by atoms with E-state index in [0.717, 1.165) is 30.2 Å². The first-order chi connectivity index (χ1) is 9.56. The smallest absolute Gasteiger partial charge is 0.217 e. The van der Waals surface area contributed by atoms with E-state index in [9.17, 15) is 4.79 Å². The second kappa shape index (κ2) is 5.01. The number of aryl methyl sites for hydroxylation is 2. The number of carbonyl (C=O) groups excluding carboxylic acids is 1. The third-order valence-electron chi connectivity index (χ3n) is 3.84. The van der Waals surface area contributed by atoms with Gasteiger partial charge in [-0.05, 0) is 25.8 Å². The quantitative estimate of drug-likeness (QED) is 0.919. The van der Waals surface area contributed by atoms with Gasteiger partial charge in [-0.15, -0.1) is 11.3 Å². The molecule has 1 N–H and O–H groups in total. The van der Waals surface area contributed by atoms with Gasteiger partial charge in [-0.3, -0.25) is 4.79 Å². The average Bonchev–Trinajstić information content (AvgIpc) is 2.95. The van der Waals surface area contributed by atoms with Gasteiger partial charge in [0.25, 0.3) is 0 Å². The van der Waals surface area contributed by atoms with Gasteiger partial charge in [0.05, 0.1) is 5.39 Å². The van der Waals surface area contributed by atoms with Crippen molar-refractivity contribution >= 4 is 33.3 Å². The largest absolute Gasteiger partial charge is 0.354 e. The van der Waals surface area contributed by atoms with Crippen LogP contribution in [0.15, 0.2) is 6.33 Å². The molecule has 1 saturated heterocycles. The van der Waals surface area contributed by atoms with E-state index in [1.54, 1.807) is 24.6 Å².